The minimum Gasteiger partial charge on any atom is -0.456 e. The van der Waals surface area contributed by atoms with E-state index in [1.165, 1.54) is 144 Å². The van der Waals surface area contributed by atoms with Crippen LogP contribution in [0.25, 0.3) is 122 Å². The molecule has 0 aliphatic heterocycles. The van der Waals surface area contributed by atoms with Crippen molar-refractivity contribution in [3.05, 3.63) is 352 Å². The standard InChI is InChI=1S/C91H59NO2/c1-52-34-44-80(53(2)46-52)92(57-40-42-64-75(47-57)89(3,4)79-49-67(56-37-35-55(36-38-56)54-20-6-5-7-21-54)88-87(84(64)79)66-27-13-19-33-82(66)94-88)58-39-41-63-68-50-78-69(51-77(68)91(76(63)48-58)72-30-16-10-24-61(72)62-25-11-17-31-73(62)91)85-74(43-45-83-86(85)65-26-12-18-32-81(65)93-83)90(78)70-28-14-8-22-59(70)60-23-9-15-29-71(60)90/h5-51H,1-4H3. The average Bonchev–Trinajstić information content (AvgIpc) is 1.49. The van der Waals surface area contributed by atoms with E-state index >= 15 is 0 Å². The minimum absolute atomic E-state index is 0.383. The lowest BCUT2D eigenvalue weighted by Gasteiger charge is -2.33. The molecule has 94 heavy (non-hydrogen) atoms. The molecule has 2 spiro atoms. The SMILES string of the molecule is Cc1ccc(N(c2ccc3c(c2)C(C)(C)c2cc(-c4ccc(-c5ccccc5)cc4)c4oc5ccccc5c4c2-3)c2ccc3c(c2)C2(c4ccccc4-c4ccccc42)c2cc4c(cc2-3)C2(c3ccccc3-c3ccccc32)c2ccc3oc5ccccc5c3c2-4)c(C)c1. The molecule has 0 N–H and O–H groups in total. The molecule has 0 unspecified atom stereocenters. The molecule has 3 nitrogen and oxygen atoms in total. The molecule has 14 aromatic carbocycles. The fourth-order valence-corrected chi connectivity index (χ4v) is 18.6. The van der Waals surface area contributed by atoms with Gasteiger partial charge in [0.25, 0.3) is 0 Å². The first-order valence-electron chi connectivity index (χ1n) is 33.0. The lowest BCUT2D eigenvalue weighted by molar-refractivity contribution is 0.657. The zero-order valence-electron chi connectivity index (χ0n) is 52.4. The van der Waals surface area contributed by atoms with E-state index in [9.17, 15) is 0 Å². The van der Waals surface area contributed by atoms with Crippen molar-refractivity contribution in [3.63, 3.8) is 0 Å². The predicted molar refractivity (Wildman–Crippen MR) is 386 cm³/mol. The maximum absolute atomic E-state index is 7.01. The smallest absolute Gasteiger partial charge is 0.143 e. The molecular weight excluding hydrogens is 1140 g/mol. The number of nitrogens with zero attached hydrogens (tertiary/aromatic N) is 1. The van der Waals surface area contributed by atoms with E-state index in [2.05, 4.69) is 318 Å². The molecule has 0 saturated carbocycles. The van der Waals surface area contributed by atoms with Crippen LogP contribution in [0.15, 0.2) is 294 Å². The Morgan fingerprint density at radius 3 is 1.41 bits per heavy atom. The van der Waals surface area contributed by atoms with Crippen molar-refractivity contribution in [1.82, 2.24) is 0 Å². The Balaban J connectivity index is 0.805. The van der Waals surface area contributed by atoms with Gasteiger partial charge in [-0.2, -0.15) is 0 Å². The summed E-state index contributed by atoms with van der Waals surface area (Å²) in [6.45, 7) is 9.33. The highest BCUT2D eigenvalue weighted by Gasteiger charge is 2.57. The molecule has 3 heteroatoms. The Kier molecular flexibility index (Phi) is 10.2. The van der Waals surface area contributed by atoms with E-state index in [4.69, 9.17) is 8.83 Å². The number of rotatable bonds is 5. The van der Waals surface area contributed by atoms with Crippen molar-refractivity contribution >= 4 is 60.9 Å². The molecule has 0 atom stereocenters. The van der Waals surface area contributed by atoms with Gasteiger partial charge in [0, 0.05) is 49.6 Å². The van der Waals surface area contributed by atoms with Gasteiger partial charge < -0.3 is 13.7 Å². The molecule has 16 aromatic rings. The van der Waals surface area contributed by atoms with E-state index in [-0.39, 0.29) is 5.41 Å². The van der Waals surface area contributed by atoms with Gasteiger partial charge in [0.05, 0.1) is 10.8 Å². The third kappa shape index (κ3) is 6.46. The Morgan fingerprint density at radius 1 is 0.287 bits per heavy atom. The summed E-state index contributed by atoms with van der Waals surface area (Å²) in [5.74, 6) is 0. The Hall–Kier alpha value is -11.5. The molecule has 0 radical (unpaired) electrons. The highest BCUT2D eigenvalue weighted by atomic mass is 16.3. The van der Waals surface area contributed by atoms with Crippen LogP contribution in [0.5, 0.6) is 0 Å². The third-order valence-electron chi connectivity index (χ3n) is 22.5. The topological polar surface area (TPSA) is 29.5 Å². The minimum atomic E-state index is -0.676. The second kappa shape index (κ2) is 18.4. The van der Waals surface area contributed by atoms with Gasteiger partial charge in [-0.15, -0.1) is 0 Å². The zero-order chi connectivity index (χ0) is 62.1. The average molecular weight is 1200 g/mol. The summed E-state index contributed by atoms with van der Waals surface area (Å²) in [6, 6.07) is 108. The maximum atomic E-state index is 7.01. The van der Waals surface area contributed by atoms with Gasteiger partial charge in [0.2, 0.25) is 0 Å². The van der Waals surface area contributed by atoms with Crippen molar-refractivity contribution in [2.75, 3.05) is 4.90 Å². The highest BCUT2D eigenvalue weighted by Crippen LogP contribution is 2.70. The summed E-state index contributed by atoms with van der Waals surface area (Å²) in [7, 11) is 0. The molecule has 0 bridgehead atoms. The number of hydrogen-bond acceptors (Lipinski definition) is 3. The first-order chi connectivity index (χ1) is 46.2. The molecule has 440 valence electrons. The zero-order valence-corrected chi connectivity index (χ0v) is 52.4. The number of fused-ring (bicyclic) bond motifs is 31. The van der Waals surface area contributed by atoms with Crippen LogP contribution in [0, 0.1) is 13.8 Å². The van der Waals surface area contributed by atoms with Crippen molar-refractivity contribution < 1.29 is 8.83 Å². The van der Waals surface area contributed by atoms with Crippen LogP contribution in [0.4, 0.5) is 17.1 Å². The van der Waals surface area contributed by atoms with Gasteiger partial charge in [0.15, 0.2) is 0 Å². The van der Waals surface area contributed by atoms with Gasteiger partial charge >= 0.3 is 0 Å². The molecular formula is C91H59NO2. The number of para-hydroxylation sites is 2. The first-order valence-corrected chi connectivity index (χ1v) is 33.0. The number of aryl methyl sites for hydroxylation is 2. The Labute approximate surface area is 545 Å². The summed E-state index contributed by atoms with van der Waals surface area (Å²) in [4.78, 5) is 2.55. The molecule has 0 amide bonds. The number of hydrogen-bond donors (Lipinski definition) is 0. The van der Waals surface area contributed by atoms with Gasteiger partial charge in [0.1, 0.15) is 22.3 Å². The first kappa shape index (κ1) is 52.1. The van der Waals surface area contributed by atoms with Crippen LogP contribution >= 0.6 is 0 Å². The second-order valence-corrected chi connectivity index (χ2v) is 27.4. The summed E-state index contributed by atoms with van der Waals surface area (Å²) in [5, 5.41) is 4.62. The van der Waals surface area contributed by atoms with E-state index in [0.717, 1.165) is 61.3 Å². The summed E-state index contributed by atoms with van der Waals surface area (Å²) in [6.07, 6.45) is 0. The maximum Gasteiger partial charge on any atom is 0.143 e. The largest absolute Gasteiger partial charge is 0.456 e. The van der Waals surface area contributed by atoms with E-state index in [0.29, 0.717) is 0 Å². The quantitative estimate of drug-likeness (QED) is 0.172. The lowest BCUT2D eigenvalue weighted by atomic mass is 9.68. The second-order valence-electron chi connectivity index (χ2n) is 27.4. The summed E-state index contributed by atoms with van der Waals surface area (Å²) in [5.41, 5.74) is 38.2. The fourth-order valence-electron chi connectivity index (χ4n) is 18.6. The van der Waals surface area contributed by atoms with Crippen LogP contribution in [0.2, 0.25) is 0 Å². The normalized spacial score (nSPS) is 14.6. The molecule has 2 aromatic heterocycles. The molecule has 0 saturated heterocycles. The monoisotopic (exact) mass is 1200 g/mol. The Morgan fingerprint density at radius 2 is 0.766 bits per heavy atom. The van der Waals surface area contributed by atoms with Crippen LogP contribution in [0.3, 0.4) is 0 Å². The van der Waals surface area contributed by atoms with Crippen LogP contribution in [0.1, 0.15) is 80.6 Å². The lowest BCUT2D eigenvalue weighted by Crippen LogP contribution is -2.27. The van der Waals surface area contributed by atoms with Gasteiger partial charge in [-0.1, -0.05) is 238 Å². The van der Waals surface area contributed by atoms with E-state index in [1.807, 2.05) is 0 Å². The third-order valence-corrected chi connectivity index (χ3v) is 22.5. The van der Waals surface area contributed by atoms with E-state index < -0.39 is 10.8 Å². The van der Waals surface area contributed by atoms with Crippen molar-refractivity contribution in [1.29, 1.82) is 0 Å². The molecule has 2 heterocycles. The van der Waals surface area contributed by atoms with Gasteiger partial charge in [-0.3, -0.25) is 0 Å². The fraction of sp³-hybridized carbons (Fsp3) is 0.0769. The predicted octanol–water partition coefficient (Wildman–Crippen LogP) is 23.9. The summed E-state index contributed by atoms with van der Waals surface area (Å²) < 4.78 is 13.9. The molecule has 5 aliphatic carbocycles. The number of anilines is 3. The van der Waals surface area contributed by atoms with Crippen molar-refractivity contribution in [2.45, 2.75) is 43.9 Å². The van der Waals surface area contributed by atoms with Crippen LogP contribution in [-0.2, 0) is 16.2 Å². The van der Waals surface area contributed by atoms with E-state index in [1.54, 1.807) is 0 Å². The summed E-state index contributed by atoms with van der Waals surface area (Å²) >= 11 is 0. The van der Waals surface area contributed by atoms with Gasteiger partial charge in [-0.05, 0) is 214 Å². The van der Waals surface area contributed by atoms with Crippen molar-refractivity contribution in [2.24, 2.45) is 0 Å². The van der Waals surface area contributed by atoms with Crippen molar-refractivity contribution in [3.8, 4) is 77.9 Å². The number of furan rings is 2. The molecule has 21 rings (SSSR count). The molecule has 5 aliphatic rings. The van der Waals surface area contributed by atoms with Crippen LogP contribution in [-0.4, -0.2) is 0 Å². The Bertz CT molecular complexity index is 5960. The van der Waals surface area contributed by atoms with Crippen LogP contribution < -0.4 is 4.90 Å². The molecule has 0 fully saturated rings. The highest BCUT2D eigenvalue weighted by molar-refractivity contribution is 6.20. The number of benzene rings is 14. The van der Waals surface area contributed by atoms with Gasteiger partial charge in [-0.25, -0.2) is 0 Å².